The van der Waals surface area contributed by atoms with Crippen molar-refractivity contribution < 1.29 is 14.9 Å². The monoisotopic (exact) mass is 393 g/mol. The van der Waals surface area contributed by atoms with Crippen molar-refractivity contribution >= 4 is 11.4 Å². The van der Waals surface area contributed by atoms with Gasteiger partial charge in [0.05, 0.1) is 12.6 Å². The Morgan fingerprint density at radius 3 is 2.31 bits per heavy atom. The number of ether oxygens (including phenoxy) is 1. The predicted octanol–water partition coefficient (Wildman–Crippen LogP) is 4.84. The van der Waals surface area contributed by atoms with E-state index in [0.29, 0.717) is 5.75 Å². The first-order chi connectivity index (χ1) is 13.9. The molecule has 0 saturated carbocycles. The molecule has 4 nitrogen and oxygen atoms in total. The van der Waals surface area contributed by atoms with Gasteiger partial charge in [-0.25, -0.2) is 0 Å². The second kappa shape index (κ2) is 9.29. The Morgan fingerprint density at radius 1 is 1.00 bits per heavy atom. The van der Waals surface area contributed by atoms with Gasteiger partial charge in [0.2, 0.25) is 0 Å². The van der Waals surface area contributed by atoms with Crippen molar-refractivity contribution in [2.45, 2.75) is 46.3 Å². The van der Waals surface area contributed by atoms with E-state index in [1.807, 2.05) is 24.3 Å². The first kappa shape index (κ1) is 21.2. The minimum atomic E-state index is -0.868. The Kier molecular flexibility index (Phi) is 6.78. The van der Waals surface area contributed by atoms with E-state index in [0.717, 1.165) is 12.1 Å². The molecule has 1 aliphatic rings. The molecular weight excluding hydrogens is 362 g/mol. The van der Waals surface area contributed by atoms with Gasteiger partial charge in [-0.3, -0.25) is 0 Å². The van der Waals surface area contributed by atoms with E-state index in [1.165, 1.54) is 28.0 Å². The summed E-state index contributed by atoms with van der Waals surface area (Å²) in [4.78, 5) is 2.37. The van der Waals surface area contributed by atoms with E-state index < -0.39 is 6.10 Å². The molecule has 2 N–H and O–H groups in total. The highest BCUT2D eigenvalue weighted by Gasteiger charge is 2.22. The lowest BCUT2D eigenvalue weighted by Gasteiger charge is -2.34. The van der Waals surface area contributed by atoms with Gasteiger partial charge >= 0.3 is 0 Å². The summed E-state index contributed by atoms with van der Waals surface area (Å²) in [5.41, 5.74) is 7.56. The van der Waals surface area contributed by atoms with Crippen LogP contribution in [0.15, 0.2) is 65.8 Å². The van der Waals surface area contributed by atoms with Crippen LogP contribution in [-0.2, 0) is 0 Å². The third-order valence-corrected chi connectivity index (χ3v) is 5.63. The van der Waals surface area contributed by atoms with Crippen molar-refractivity contribution in [1.29, 1.82) is 0 Å². The Bertz CT molecular complexity index is 899. The van der Waals surface area contributed by atoms with Crippen LogP contribution in [0.3, 0.4) is 0 Å². The van der Waals surface area contributed by atoms with Gasteiger partial charge in [0.15, 0.2) is 0 Å². The second-order valence-corrected chi connectivity index (χ2v) is 7.87. The molecule has 0 aliphatic heterocycles. The number of aryl methyl sites for hydroxylation is 2. The van der Waals surface area contributed by atoms with Crippen molar-refractivity contribution in [3.05, 3.63) is 76.9 Å². The molecule has 1 aliphatic carbocycles. The number of aliphatic hydroxyl groups excluding tert-OH is 2. The van der Waals surface area contributed by atoms with Gasteiger partial charge in [0.1, 0.15) is 18.5 Å². The van der Waals surface area contributed by atoms with Crippen LogP contribution < -0.4 is 9.64 Å². The molecule has 0 radical (unpaired) electrons. The minimum absolute atomic E-state index is 0.0747. The topological polar surface area (TPSA) is 52.9 Å². The van der Waals surface area contributed by atoms with Gasteiger partial charge in [-0.1, -0.05) is 29.4 Å². The van der Waals surface area contributed by atoms with Crippen LogP contribution in [0.25, 0.3) is 0 Å². The molecule has 0 amide bonds. The summed E-state index contributed by atoms with van der Waals surface area (Å²) in [6, 6.07) is 14.7. The van der Waals surface area contributed by atoms with E-state index in [4.69, 9.17) is 9.84 Å². The summed E-state index contributed by atoms with van der Waals surface area (Å²) in [5.74, 6) is 0.674. The SMILES string of the molecule is CC1=C(C)CC(N(c2ccc(OCC(O)CO)cc2)c2ccc(C)c(C)c2)C=C1. The van der Waals surface area contributed by atoms with Crippen LogP contribution >= 0.6 is 0 Å². The molecule has 0 aromatic heterocycles. The summed E-state index contributed by atoms with van der Waals surface area (Å²) in [6.45, 7) is 8.41. The molecule has 2 unspecified atom stereocenters. The van der Waals surface area contributed by atoms with Crippen molar-refractivity contribution in [3.8, 4) is 5.75 Å². The Labute approximate surface area is 173 Å². The van der Waals surface area contributed by atoms with Crippen LogP contribution in [0.5, 0.6) is 5.75 Å². The zero-order chi connectivity index (χ0) is 21.0. The minimum Gasteiger partial charge on any atom is -0.491 e. The van der Waals surface area contributed by atoms with Gasteiger partial charge in [-0.05, 0) is 81.6 Å². The van der Waals surface area contributed by atoms with E-state index in [1.54, 1.807) is 0 Å². The fourth-order valence-corrected chi connectivity index (χ4v) is 3.47. The highest BCUT2D eigenvalue weighted by molar-refractivity contribution is 5.67. The maximum atomic E-state index is 9.48. The largest absolute Gasteiger partial charge is 0.491 e. The van der Waals surface area contributed by atoms with Gasteiger partial charge in [0, 0.05) is 11.4 Å². The van der Waals surface area contributed by atoms with Crippen LogP contribution in [0, 0.1) is 13.8 Å². The normalized spacial score (nSPS) is 17.4. The van der Waals surface area contributed by atoms with Crippen LogP contribution in [0.2, 0.25) is 0 Å². The number of allylic oxidation sites excluding steroid dienone is 2. The lowest BCUT2D eigenvalue weighted by atomic mass is 9.94. The molecule has 154 valence electrons. The van der Waals surface area contributed by atoms with E-state index in [-0.39, 0.29) is 19.3 Å². The number of anilines is 2. The van der Waals surface area contributed by atoms with Crippen LogP contribution in [0.4, 0.5) is 11.4 Å². The quantitative estimate of drug-likeness (QED) is 0.707. The smallest absolute Gasteiger partial charge is 0.119 e. The van der Waals surface area contributed by atoms with Crippen LogP contribution in [-0.4, -0.2) is 35.6 Å². The summed E-state index contributed by atoms with van der Waals surface area (Å²) < 4.78 is 5.56. The Balaban J connectivity index is 1.91. The van der Waals surface area contributed by atoms with Crippen LogP contribution in [0.1, 0.15) is 31.4 Å². The van der Waals surface area contributed by atoms with Crippen molar-refractivity contribution in [2.75, 3.05) is 18.1 Å². The highest BCUT2D eigenvalue weighted by Crippen LogP contribution is 2.35. The first-order valence-electron chi connectivity index (χ1n) is 10.1. The summed E-state index contributed by atoms with van der Waals surface area (Å²) >= 11 is 0. The van der Waals surface area contributed by atoms with Gasteiger partial charge in [-0.15, -0.1) is 0 Å². The van der Waals surface area contributed by atoms with Crippen molar-refractivity contribution in [1.82, 2.24) is 0 Å². The predicted molar refractivity (Wildman–Crippen MR) is 119 cm³/mol. The lowest BCUT2D eigenvalue weighted by Crippen LogP contribution is -2.31. The molecule has 4 heteroatoms. The molecule has 0 fully saturated rings. The average molecular weight is 394 g/mol. The second-order valence-electron chi connectivity index (χ2n) is 7.87. The average Bonchev–Trinajstić information content (AvgIpc) is 2.72. The molecule has 3 rings (SSSR count). The molecule has 0 spiro atoms. The number of aliphatic hydroxyl groups is 2. The molecule has 2 aromatic carbocycles. The number of hydrogen-bond acceptors (Lipinski definition) is 4. The molecule has 29 heavy (non-hydrogen) atoms. The molecule has 0 heterocycles. The maximum absolute atomic E-state index is 9.48. The van der Waals surface area contributed by atoms with Gasteiger partial charge in [0.25, 0.3) is 0 Å². The number of rotatable bonds is 7. The van der Waals surface area contributed by atoms with E-state index >= 15 is 0 Å². The molecular formula is C25H31NO3. The van der Waals surface area contributed by atoms with E-state index in [2.05, 4.69) is 62.9 Å². The van der Waals surface area contributed by atoms with Crippen molar-refractivity contribution in [3.63, 3.8) is 0 Å². The van der Waals surface area contributed by atoms with Gasteiger partial charge < -0.3 is 19.8 Å². The molecule has 0 bridgehead atoms. The molecule has 2 aromatic rings. The zero-order valence-corrected chi connectivity index (χ0v) is 17.7. The van der Waals surface area contributed by atoms with E-state index in [9.17, 15) is 5.11 Å². The summed E-state index contributed by atoms with van der Waals surface area (Å²) in [5, 5.41) is 18.4. The third-order valence-electron chi connectivity index (χ3n) is 5.63. The molecule has 0 saturated heterocycles. The summed E-state index contributed by atoms with van der Waals surface area (Å²) in [6.07, 6.45) is 4.60. The maximum Gasteiger partial charge on any atom is 0.119 e. The lowest BCUT2D eigenvalue weighted by molar-refractivity contribution is 0.0536. The summed E-state index contributed by atoms with van der Waals surface area (Å²) in [7, 11) is 0. The third kappa shape index (κ3) is 5.08. The van der Waals surface area contributed by atoms with Crippen molar-refractivity contribution in [2.24, 2.45) is 0 Å². The Hall–Kier alpha value is -2.56. The Morgan fingerprint density at radius 2 is 1.69 bits per heavy atom. The first-order valence-corrected chi connectivity index (χ1v) is 10.1. The fraction of sp³-hybridized carbons (Fsp3) is 0.360. The fourth-order valence-electron chi connectivity index (χ4n) is 3.47. The standard InChI is InChI=1S/C25H31NO3/c1-17-5-7-22(13-19(17)3)26(23-8-6-18(2)20(4)14-23)21-9-11-25(12-10-21)29-16-24(28)15-27/h5-13,23-24,27-28H,14-16H2,1-4H3. The number of hydrogen-bond donors (Lipinski definition) is 2. The number of benzene rings is 2. The number of nitrogens with zero attached hydrogens (tertiary/aromatic N) is 1. The van der Waals surface area contributed by atoms with Gasteiger partial charge in [-0.2, -0.15) is 0 Å². The highest BCUT2D eigenvalue weighted by atomic mass is 16.5. The zero-order valence-electron chi connectivity index (χ0n) is 17.7. The molecule has 2 atom stereocenters.